The Hall–Kier alpha value is -2.04. The zero-order valence-electron chi connectivity index (χ0n) is 13.7. The van der Waals surface area contributed by atoms with Gasteiger partial charge in [-0.25, -0.2) is 0 Å². The minimum absolute atomic E-state index is 0. The van der Waals surface area contributed by atoms with Crippen LogP contribution in [-0.2, 0) is 0 Å². The van der Waals surface area contributed by atoms with Gasteiger partial charge in [-0.1, -0.05) is 24.3 Å². The lowest BCUT2D eigenvalue weighted by atomic mass is 9.95. The Kier molecular flexibility index (Phi) is 5.86. The second kappa shape index (κ2) is 7.69. The molecule has 1 unspecified atom stereocenters. The van der Waals surface area contributed by atoms with Gasteiger partial charge in [0.15, 0.2) is 0 Å². The molecule has 1 aliphatic carbocycles. The van der Waals surface area contributed by atoms with Crippen LogP contribution in [0, 0.1) is 5.92 Å². The fourth-order valence-electron chi connectivity index (χ4n) is 2.70. The van der Waals surface area contributed by atoms with Crippen LogP contribution in [0.5, 0.6) is 11.5 Å². The molecule has 1 fully saturated rings. The van der Waals surface area contributed by atoms with Gasteiger partial charge in [-0.15, -0.1) is 12.4 Å². The normalized spacial score (nSPS) is 15.8. The molecule has 0 radical (unpaired) electrons. The van der Waals surface area contributed by atoms with Crippen molar-refractivity contribution < 1.29 is 9.53 Å². The molecule has 128 valence electrons. The van der Waals surface area contributed by atoms with E-state index in [0.29, 0.717) is 23.8 Å². The third-order valence-corrected chi connectivity index (χ3v) is 4.38. The molecule has 0 spiro atoms. The van der Waals surface area contributed by atoms with Crippen molar-refractivity contribution >= 4 is 18.3 Å². The van der Waals surface area contributed by atoms with Crippen molar-refractivity contribution in [3.8, 4) is 11.5 Å². The number of halogens is 1. The molecule has 2 aromatic carbocycles. The van der Waals surface area contributed by atoms with E-state index in [-0.39, 0.29) is 23.9 Å². The maximum absolute atomic E-state index is 12.5. The van der Waals surface area contributed by atoms with Crippen LogP contribution < -0.4 is 15.8 Å². The number of nitrogens with two attached hydrogens (primary N) is 1. The molecular weight excluding hydrogens is 324 g/mol. The summed E-state index contributed by atoms with van der Waals surface area (Å²) >= 11 is 0. The molecule has 3 rings (SSSR count). The third kappa shape index (κ3) is 4.28. The Morgan fingerprint density at radius 1 is 1.17 bits per heavy atom. The molecule has 2 aromatic rings. The molecular formula is C19H23ClN2O2. The molecule has 1 atom stereocenters. The van der Waals surface area contributed by atoms with Crippen molar-refractivity contribution in [3.05, 3.63) is 60.2 Å². The first-order valence-corrected chi connectivity index (χ1v) is 7.96. The molecule has 5 heteroatoms. The maximum atomic E-state index is 12.5. The first-order chi connectivity index (χ1) is 11.1. The van der Waals surface area contributed by atoms with E-state index in [1.807, 2.05) is 49.4 Å². The van der Waals surface area contributed by atoms with Crippen molar-refractivity contribution in [1.29, 1.82) is 0 Å². The molecule has 1 saturated carbocycles. The number of carbonyl (C=O) groups excluding carboxylic acids is 1. The van der Waals surface area contributed by atoms with E-state index < -0.39 is 0 Å². The highest BCUT2D eigenvalue weighted by Gasteiger charge is 2.41. The van der Waals surface area contributed by atoms with Gasteiger partial charge < -0.3 is 15.8 Å². The summed E-state index contributed by atoms with van der Waals surface area (Å²) in [5, 5.41) is 3.09. The summed E-state index contributed by atoms with van der Waals surface area (Å²) in [7, 11) is 0. The summed E-state index contributed by atoms with van der Waals surface area (Å²) in [6.45, 7) is 2.47. The van der Waals surface area contributed by atoms with Gasteiger partial charge in [-0.2, -0.15) is 0 Å². The Bertz CT molecular complexity index is 689. The quantitative estimate of drug-likeness (QED) is 0.837. The summed E-state index contributed by atoms with van der Waals surface area (Å²) in [5.74, 6) is 1.77. The zero-order chi connectivity index (χ0) is 16.3. The van der Waals surface area contributed by atoms with Gasteiger partial charge >= 0.3 is 0 Å². The Balaban J connectivity index is 0.00000208. The average molecular weight is 347 g/mol. The third-order valence-electron chi connectivity index (χ3n) is 4.38. The van der Waals surface area contributed by atoms with E-state index in [4.69, 9.17) is 10.5 Å². The summed E-state index contributed by atoms with van der Waals surface area (Å²) in [6.07, 6.45) is 2.26. The van der Waals surface area contributed by atoms with E-state index in [0.717, 1.165) is 18.6 Å². The number of amides is 1. The van der Waals surface area contributed by atoms with E-state index >= 15 is 0 Å². The standard InChI is InChI=1S/C19H22N2O2.ClH/c1-19(13-20,15-10-11-15)21-18(22)14-6-5-9-17(12-14)23-16-7-3-2-4-8-16;/h2-9,12,15H,10-11,13,20H2,1H3,(H,21,22);1H. The summed E-state index contributed by atoms with van der Waals surface area (Å²) in [6, 6.07) is 16.7. The first kappa shape index (κ1) is 18.3. The minimum atomic E-state index is -0.326. The van der Waals surface area contributed by atoms with Crippen LogP contribution in [0.2, 0.25) is 0 Å². The highest BCUT2D eigenvalue weighted by atomic mass is 35.5. The summed E-state index contributed by atoms with van der Waals surface area (Å²) in [4.78, 5) is 12.5. The molecule has 0 bridgehead atoms. The van der Waals surface area contributed by atoms with Crippen LogP contribution in [0.1, 0.15) is 30.1 Å². The second-order valence-electron chi connectivity index (χ2n) is 6.29. The fraction of sp³-hybridized carbons (Fsp3) is 0.316. The van der Waals surface area contributed by atoms with Gasteiger partial charge in [0.25, 0.3) is 5.91 Å². The number of benzene rings is 2. The number of rotatable bonds is 6. The molecule has 3 N–H and O–H groups in total. The van der Waals surface area contributed by atoms with Crippen LogP contribution in [-0.4, -0.2) is 18.0 Å². The lowest BCUT2D eigenvalue weighted by Crippen LogP contribution is -2.53. The SMILES string of the molecule is CC(CN)(NC(=O)c1cccc(Oc2ccccc2)c1)C1CC1.Cl. The Morgan fingerprint density at radius 2 is 1.83 bits per heavy atom. The number of nitrogens with one attached hydrogen (secondary N) is 1. The fourth-order valence-corrected chi connectivity index (χ4v) is 2.70. The van der Waals surface area contributed by atoms with Crippen LogP contribution in [0.4, 0.5) is 0 Å². The van der Waals surface area contributed by atoms with Crippen molar-refractivity contribution in [3.63, 3.8) is 0 Å². The molecule has 4 nitrogen and oxygen atoms in total. The van der Waals surface area contributed by atoms with Crippen molar-refractivity contribution in [1.82, 2.24) is 5.32 Å². The smallest absolute Gasteiger partial charge is 0.251 e. The highest BCUT2D eigenvalue weighted by molar-refractivity contribution is 5.95. The van der Waals surface area contributed by atoms with Gasteiger partial charge in [0.1, 0.15) is 11.5 Å². The lowest BCUT2D eigenvalue weighted by Gasteiger charge is -2.29. The van der Waals surface area contributed by atoms with Gasteiger partial charge in [0.2, 0.25) is 0 Å². The van der Waals surface area contributed by atoms with Crippen LogP contribution in [0.15, 0.2) is 54.6 Å². The summed E-state index contributed by atoms with van der Waals surface area (Å²) < 4.78 is 5.78. The predicted octanol–water partition coefficient (Wildman–Crippen LogP) is 3.76. The zero-order valence-corrected chi connectivity index (χ0v) is 14.5. The largest absolute Gasteiger partial charge is 0.457 e. The number of para-hydroxylation sites is 1. The average Bonchev–Trinajstić information content (AvgIpc) is 3.41. The first-order valence-electron chi connectivity index (χ1n) is 7.96. The number of carbonyl (C=O) groups is 1. The predicted molar refractivity (Wildman–Crippen MR) is 97.9 cm³/mol. The van der Waals surface area contributed by atoms with Gasteiger partial charge in [-0.3, -0.25) is 4.79 Å². The Morgan fingerprint density at radius 3 is 2.46 bits per heavy atom. The van der Waals surface area contributed by atoms with E-state index in [1.165, 1.54) is 0 Å². The molecule has 0 saturated heterocycles. The van der Waals surface area contributed by atoms with Gasteiger partial charge in [0, 0.05) is 12.1 Å². The van der Waals surface area contributed by atoms with E-state index in [9.17, 15) is 4.79 Å². The molecule has 0 heterocycles. The minimum Gasteiger partial charge on any atom is -0.457 e. The molecule has 24 heavy (non-hydrogen) atoms. The molecule has 1 aliphatic rings. The molecule has 0 aliphatic heterocycles. The number of hydrogen-bond donors (Lipinski definition) is 2. The highest BCUT2D eigenvalue weighted by Crippen LogP contribution is 2.39. The van der Waals surface area contributed by atoms with Gasteiger partial charge in [0.05, 0.1) is 5.54 Å². The lowest BCUT2D eigenvalue weighted by molar-refractivity contribution is 0.0897. The van der Waals surface area contributed by atoms with Crippen LogP contribution >= 0.6 is 12.4 Å². The maximum Gasteiger partial charge on any atom is 0.251 e. The number of hydrogen-bond acceptors (Lipinski definition) is 3. The topological polar surface area (TPSA) is 64.3 Å². The van der Waals surface area contributed by atoms with Gasteiger partial charge in [-0.05, 0) is 56.0 Å². The summed E-state index contributed by atoms with van der Waals surface area (Å²) in [5.41, 5.74) is 6.12. The van der Waals surface area contributed by atoms with Crippen molar-refractivity contribution in [2.75, 3.05) is 6.54 Å². The van der Waals surface area contributed by atoms with Crippen molar-refractivity contribution in [2.24, 2.45) is 11.7 Å². The van der Waals surface area contributed by atoms with E-state index in [1.54, 1.807) is 12.1 Å². The Labute approximate surface area is 148 Å². The molecule has 1 amide bonds. The second-order valence-corrected chi connectivity index (χ2v) is 6.29. The number of ether oxygens (including phenoxy) is 1. The van der Waals surface area contributed by atoms with E-state index in [2.05, 4.69) is 5.32 Å². The van der Waals surface area contributed by atoms with Crippen LogP contribution in [0.25, 0.3) is 0 Å². The van der Waals surface area contributed by atoms with Crippen LogP contribution in [0.3, 0.4) is 0 Å². The monoisotopic (exact) mass is 346 g/mol. The van der Waals surface area contributed by atoms with Crippen molar-refractivity contribution in [2.45, 2.75) is 25.3 Å². The molecule has 0 aromatic heterocycles.